The maximum Gasteiger partial charge on any atom is 0.341 e. The lowest BCUT2D eigenvalue weighted by atomic mass is 10.2. The monoisotopic (exact) mass is 433 g/mol. The van der Waals surface area contributed by atoms with Crippen molar-refractivity contribution < 1.29 is 9.90 Å². The molecule has 0 radical (unpaired) electrons. The maximum absolute atomic E-state index is 11.6. The summed E-state index contributed by atoms with van der Waals surface area (Å²) in [6.07, 6.45) is 1.36. The van der Waals surface area contributed by atoms with E-state index in [9.17, 15) is 9.59 Å². The Morgan fingerprint density at radius 3 is 2.63 bits per heavy atom. The molecule has 1 aromatic carbocycles. The number of pyridine rings is 1. The van der Waals surface area contributed by atoms with Crippen LogP contribution in [0.3, 0.4) is 0 Å². The Kier molecular flexibility index (Phi) is 4.10. The lowest BCUT2D eigenvalue weighted by Gasteiger charge is -2.12. The van der Waals surface area contributed by atoms with Gasteiger partial charge in [0.2, 0.25) is 0 Å². The Bertz CT molecular complexity index is 724. The van der Waals surface area contributed by atoms with Crippen molar-refractivity contribution in [3.63, 3.8) is 0 Å². The third-order valence-corrected chi connectivity index (χ3v) is 4.98. The first kappa shape index (κ1) is 14.3. The van der Waals surface area contributed by atoms with Gasteiger partial charge in [-0.3, -0.25) is 4.79 Å². The van der Waals surface area contributed by atoms with Gasteiger partial charge in [-0.2, -0.15) is 0 Å². The quantitative estimate of drug-likeness (QED) is 0.740. The number of halogens is 2. The van der Waals surface area contributed by atoms with Crippen LogP contribution in [0.5, 0.6) is 0 Å². The number of aryl methyl sites for hydroxylation is 1. The number of aromatic carboxylic acids is 1. The molecular weight excluding hydrogens is 425 g/mol. The average molecular weight is 434 g/mol. The second-order valence-corrected chi connectivity index (χ2v) is 5.98. The summed E-state index contributed by atoms with van der Waals surface area (Å²) in [6.45, 7) is 1.77. The van der Waals surface area contributed by atoms with E-state index in [0.29, 0.717) is 5.69 Å². The molecule has 6 heteroatoms. The van der Waals surface area contributed by atoms with E-state index < -0.39 is 11.4 Å². The molecule has 0 aliphatic carbocycles. The van der Waals surface area contributed by atoms with Crippen LogP contribution in [0.1, 0.15) is 16.1 Å². The largest absolute Gasteiger partial charge is 0.477 e. The SMILES string of the molecule is Cc1cc(=O)c(C(=O)O)cn1-c1ccc(Br)c(I)c1. The number of nitrogens with zero attached hydrogens (tertiary/aromatic N) is 1. The van der Waals surface area contributed by atoms with E-state index in [4.69, 9.17) is 5.11 Å². The van der Waals surface area contributed by atoms with Gasteiger partial charge in [0, 0.05) is 31.7 Å². The topological polar surface area (TPSA) is 59.3 Å². The van der Waals surface area contributed by atoms with Crippen molar-refractivity contribution in [2.75, 3.05) is 0 Å². The predicted molar refractivity (Wildman–Crippen MR) is 84.2 cm³/mol. The molecule has 2 rings (SSSR count). The lowest BCUT2D eigenvalue weighted by molar-refractivity contribution is 0.0695. The molecule has 2 aromatic rings. The number of hydrogen-bond donors (Lipinski definition) is 1. The zero-order chi connectivity index (χ0) is 14.2. The van der Waals surface area contributed by atoms with Crippen LogP contribution in [0.2, 0.25) is 0 Å². The molecule has 0 aliphatic heterocycles. The van der Waals surface area contributed by atoms with Gasteiger partial charge in [0.1, 0.15) is 5.56 Å². The molecule has 98 valence electrons. The van der Waals surface area contributed by atoms with Gasteiger partial charge in [0.15, 0.2) is 5.43 Å². The highest BCUT2D eigenvalue weighted by Crippen LogP contribution is 2.22. The molecule has 0 fully saturated rings. The van der Waals surface area contributed by atoms with Gasteiger partial charge >= 0.3 is 5.97 Å². The smallest absolute Gasteiger partial charge is 0.341 e. The maximum atomic E-state index is 11.6. The minimum atomic E-state index is -1.22. The zero-order valence-electron chi connectivity index (χ0n) is 9.85. The van der Waals surface area contributed by atoms with Gasteiger partial charge in [-0.05, 0) is 63.6 Å². The Labute approximate surface area is 131 Å². The molecule has 1 aromatic heterocycles. The normalized spacial score (nSPS) is 10.5. The summed E-state index contributed by atoms with van der Waals surface area (Å²) in [4.78, 5) is 22.6. The minimum absolute atomic E-state index is 0.233. The van der Waals surface area contributed by atoms with E-state index in [0.717, 1.165) is 13.7 Å². The minimum Gasteiger partial charge on any atom is -0.477 e. The Balaban J connectivity index is 2.68. The number of carboxylic acid groups (broad SMARTS) is 1. The number of carbonyl (C=O) groups is 1. The van der Waals surface area contributed by atoms with Crippen LogP contribution in [0.4, 0.5) is 0 Å². The number of benzene rings is 1. The van der Waals surface area contributed by atoms with Crippen LogP contribution < -0.4 is 5.43 Å². The number of hydrogen-bond acceptors (Lipinski definition) is 2. The number of carboxylic acids is 1. The standard InChI is InChI=1S/C13H9BrINO3/c1-7-4-12(17)9(13(18)19)6-16(7)8-2-3-10(14)11(15)5-8/h2-6H,1H3,(H,18,19). The predicted octanol–water partition coefficient (Wildman–Crippen LogP) is 3.21. The van der Waals surface area contributed by atoms with Crippen LogP contribution in [0.15, 0.2) is 39.7 Å². The Hall–Kier alpha value is -1.15. The summed E-state index contributed by atoms with van der Waals surface area (Å²) in [6, 6.07) is 6.98. The molecule has 0 saturated heterocycles. The highest BCUT2D eigenvalue weighted by Gasteiger charge is 2.12. The van der Waals surface area contributed by atoms with Gasteiger partial charge in [-0.25, -0.2) is 4.79 Å². The van der Waals surface area contributed by atoms with Crippen LogP contribution >= 0.6 is 38.5 Å². The average Bonchev–Trinajstić information content (AvgIpc) is 2.32. The van der Waals surface area contributed by atoms with Crippen LogP contribution in [-0.4, -0.2) is 15.6 Å². The fourth-order valence-corrected chi connectivity index (χ4v) is 2.45. The highest BCUT2D eigenvalue weighted by atomic mass is 127. The summed E-state index contributed by atoms with van der Waals surface area (Å²) >= 11 is 5.59. The Morgan fingerprint density at radius 2 is 2.05 bits per heavy atom. The van der Waals surface area contributed by atoms with Crippen molar-refractivity contribution in [1.29, 1.82) is 0 Å². The van der Waals surface area contributed by atoms with Gasteiger partial charge < -0.3 is 9.67 Å². The molecule has 0 amide bonds. The molecule has 19 heavy (non-hydrogen) atoms. The molecule has 0 spiro atoms. The first-order chi connectivity index (χ1) is 8.90. The van der Waals surface area contributed by atoms with Gasteiger partial charge in [-0.15, -0.1) is 0 Å². The van der Waals surface area contributed by atoms with E-state index in [1.165, 1.54) is 12.3 Å². The zero-order valence-corrected chi connectivity index (χ0v) is 13.6. The van der Waals surface area contributed by atoms with Crippen LogP contribution in [0, 0.1) is 10.5 Å². The van der Waals surface area contributed by atoms with Gasteiger partial charge in [0.25, 0.3) is 0 Å². The van der Waals surface area contributed by atoms with E-state index in [1.807, 2.05) is 18.2 Å². The fraction of sp³-hybridized carbons (Fsp3) is 0.0769. The summed E-state index contributed by atoms with van der Waals surface area (Å²) in [5.41, 5.74) is 0.789. The molecule has 0 bridgehead atoms. The Morgan fingerprint density at radius 1 is 1.37 bits per heavy atom. The van der Waals surface area contributed by atoms with Crippen molar-refractivity contribution >= 4 is 44.5 Å². The molecule has 0 atom stereocenters. The first-order valence-corrected chi connectivity index (χ1v) is 7.19. The lowest BCUT2D eigenvalue weighted by Crippen LogP contribution is -2.18. The highest BCUT2D eigenvalue weighted by molar-refractivity contribution is 14.1. The summed E-state index contributed by atoms with van der Waals surface area (Å²) in [5, 5.41) is 9.00. The van der Waals surface area contributed by atoms with Crippen molar-refractivity contribution in [2.45, 2.75) is 6.92 Å². The van der Waals surface area contributed by atoms with Crippen molar-refractivity contribution in [2.24, 2.45) is 0 Å². The molecular formula is C13H9BrINO3. The van der Waals surface area contributed by atoms with Crippen molar-refractivity contribution in [3.8, 4) is 5.69 Å². The second kappa shape index (κ2) is 5.46. The van der Waals surface area contributed by atoms with Crippen LogP contribution in [0.25, 0.3) is 5.69 Å². The molecule has 4 nitrogen and oxygen atoms in total. The summed E-state index contributed by atoms with van der Waals surface area (Å²) < 4.78 is 3.67. The van der Waals surface area contributed by atoms with E-state index in [2.05, 4.69) is 38.5 Å². The molecule has 1 N–H and O–H groups in total. The fourth-order valence-electron chi connectivity index (χ4n) is 1.71. The molecule has 1 heterocycles. The third-order valence-electron chi connectivity index (χ3n) is 2.66. The summed E-state index contributed by atoms with van der Waals surface area (Å²) in [5.74, 6) is -1.22. The third kappa shape index (κ3) is 2.89. The van der Waals surface area contributed by atoms with E-state index >= 15 is 0 Å². The molecule has 0 aliphatic rings. The summed E-state index contributed by atoms with van der Waals surface area (Å²) in [7, 11) is 0. The van der Waals surface area contributed by atoms with E-state index in [-0.39, 0.29) is 5.56 Å². The van der Waals surface area contributed by atoms with E-state index in [1.54, 1.807) is 11.5 Å². The van der Waals surface area contributed by atoms with Gasteiger partial charge in [0.05, 0.1) is 0 Å². The number of rotatable bonds is 2. The first-order valence-electron chi connectivity index (χ1n) is 5.32. The molecule has 0 saturated carbocycles. The molecule has 0 unspecified atom stereocenters. The second-order valence-electron chi connectivity index (χ2n) is 3.97. The van der Waals surface area contributed by atoms with Crippen molar-refractivity contribution in [1.82, 2.24) is 4.57 Å². The van der Waals surface area contributed by atoms with Crippen molar-refractivity contribution in [3.05, 3.63) is 60.0 Å². The van der Waals surface area contributed by atoms with Gasteiger partial charge in [-0.1, -0.05) is 0 Å². The van der Waals surface area contributed by atoms with Crippen LogP contribution in [-0.2, 0) is 0 Å². The number of aromatic nitrogens is 1.